The smallest absolute Gasteiger partial charge is 0.228 e. The van der Waals surface area contributed by atoms with Gasteiger partial charge in [0.15, 0.2) is 0 Å². The number of nitriles is 1. The van der Waals surface area contributed by atoms with Crippen LogP contribution in [0.25, 0.3) is 0 Å². The van der Waals surface area contributed by atoms with Gasteiger partial charge in [-0.1, -0.05) is 24.1 Å². The fourth-order valence-corrected chi connectivity index (χ4v) is 1.55. The number of hydrogen-bond acceptors (Lipinski definition) is 3. The summed E-state index contributed by atoms with van der Waals surface area (Å²) in [6, 6.07) is 9.20. The van der Waals surface area contributed by atoms with Crippen molar-refractivity contribution in [2.24, 2.45) is 0 Å². The lowest BCUT2D eigenvalue weighted by Gasteiger charge is -2.17. The van der Waals surface area contributed by atoms with Crippen molar-refractivity contribution in [3.05, 3.63) is 29.8 Å². The van der Waals surface area contributed by atoms with Gasteiger partial charge in [-0.25, -0.2) is 0 Å². The molecule has 4 heteroatoms. The maximum absolute atomic E-state index is 12.0. The van der Waals surface area contributed by atoms with E-state index in [1.807, 2.05) is 24.3 Å². The van der Waals surface area contributed by atoms with Crippen molar-refractivity contribution >= 4 is 5.91 Å². The number of rotatable bonds is 5. The van der Waals surface area contributed by atoms with E-state index in [1.54, 1.807) is 13.2 Å². The number of benzene rings is 1. The summed E-state index contributed by atoms with van der Waals surface area (Å²) in [6.45, 7) is 0.139. The molecule has 0 saturated heterocycles. The summed E-state index contributed by atoms with van der Waals surface area (Å²) in [5.74, 6) is 2.85. The number of ether oxygens (including phenoxy) is 1. The topological polar surface area (TPSA) is 53.3 Å². The van der Waals surface area contributed by atoms with E-state index in [2.05, 4.69) is 5.92 Å². The van der Waals surface area contributed by atoms with Crippen LogP contribution in [0.4, 0.5) is 0 Å². The Hall–Kier alpha value is -2.46. The van der Waals surface area contributed by atoms with Crippen molar-refractivity contribution in [2.45, 2.75) is 6.42 Å². The fraction of sp³-hybridized carbons (Fsp3) is 0.286. The van der Waals surface area contributed by atoms with Crippen LogP contribution in [0.3, 0.4) is 0 Å². The number of terminal acetylenes is 1. The molecule has 18 heavy (non-hydrogen) atoms. The maximum atomic E-state index is 12.0. The van der Waals surface area contributed by atoms with Crippen LogP contribution < -0.4 is 4.74 Å². The lowest BCUT2D eigenvalue weighted by atomic mass is 10.1. The molecule has 0 atom stereocenters. The van der Waals surface area contributed by atoms with Gasteiger partial charge in [0.05, 0.1) is 26.1 Å². The Bertz CT molecular complexity index is 481. The average molecular weight is 242 g/mol. The van der Waals surface area contributed by atoms with Crippen molar-refractivity contribution in [1.82, 2.24) is 4.90 Å². The van der Waals surface area contributed by atoms with Gasteiger partial charge in [0.2, 0.25) is 5.91 Å². The molecule has 0 radical (unpaired) electrons. The molecule has 0 aliphatic carbocycles. The second-order valence-electron chi connectivity index (χ2n) is 3.60. The molecule has 0 bridgehead atoms. The van der Waals surface area contributed by atoms with Gasteiger partial charge in [-0.15, -0.1) is 6.42 Å². The van der Waals surface area contributed by atoms with Gasteiger partial charge in [0.25, 0.3) is 0 Å². The van der Waals surface area contributed by atoms with Crippen LogP contribution in [0, 0.1) is 23.7 Å². The van der Waals surface area contributed by atoms with Crippen molar-refractivity contribution in [1.29, 1.82) is 5.26 Å². The number of amides is 1. The molecular formula is C14H14N2O2. The van der Waals surface area contributed by atoms with Gasteiger partial charge in [0, 0.05) is 5.56 Å². The highest BCUT2D eigenvalue weighted by atomic mass is 16.5. The monoisotopic (exact) mass is 242 g/mol. The van der Waals surface area contributed by atoms with Crippen LogP contribution in [0.5, 0.6) is 5.75 Å². The standard InChI is InChI=1S/C14H14N2O2/c1-3-9-16(10-8-15)14(17)11-12-6-4-5-7-13(12)18-2/h1,4-7H,9-11H2,2H3. The molecule has 0 aromatic heterocycles. The first-order valence-corrected chi connectivity index (χ1v) is 5.43. The number of para-hydroxylation sites is 1. The highest BCUT2D eigenvalue weighted by Crippen LogP contribution is 2.18. The Balaban J connectivity index is 2.80. The van der Waals surface area contributed by atoms with E-state index in [0.29, 0.717) is 5.75 Å². The Morgan fingerprint density at radius 1 is 1.44 bits per heavy atom. The average Bonchev–Trinajstić information content (AvgIpc) is 2.39. The van der Waals surface area contributed by atoms with E-state index >= 15 is 0 Å². The van der Waals surface area contributed by atoms with Crippen LogP contribution in [0.15, 0.2) is 24.3 Å². The van der Waals surface area contributed by atoms with Crippen LogP contribution in [-0.2, 0) is 11.2 Å². The number of nitrogens with zero attached hydrogens (tertiary/aromatic N) is 2. The van der Waals surface area contributed by atoms with Crippen LogP contribution in [0.1, 0.15) is 5.56 Å². The second kappa shape index (κ2) is 6.98. The molecule has 0 aliphatic rings. The molecule has 1 aromatic carbocycles. The molecule has 0 saturated carbocycles. The zero-order chi connectivity index (χ0) is 13.4. The lowest BCUT2D eigenvalue weighted by molar-refractivity contribution is -0.129. The number of methoxy groups -OCH3 is 1. The highest BCUT2D eigenvalue weighted by molar-refractivity contribution is 5.80. The lowest BCUT2D eigenvalue weighted by Crippen LogP contribution is -2.33. The molecule has 0 aliphatic heterocycles. The Morgan fingerprint density at radius 2 is 2.17 bits per heavy atom. The first-order chi connectivity index (χ1) is 8.72. The van der Waals surface area contributed by atoms with E-state index in [-0.39, 0.29) is 25.4 Å². The Kier molecular flexibility index (Phi) is 5.28. The fourth-order valence-electron chi connectivity index (χ4n) is 1.55. The molecule has 0 spiro atoms. The summed E-state index contributed by atoms with van der Waals surface area (Å²) in [5, 5.41) is 8.64. The van der Waals surface area contributed by atoms with Crippen molar-refractivity contribution in [2.75, 3.05) is 20.2 Å². The molecule has 1 aromatic rings. The zero-order valence-corrected chi connectivity index (χ0v) is 10.2. The maximum Gasteiger partial charge on any atom is 0.228 e. The van der Waals surface area contributed by atoms with Crippen LogP contribution >= 0.6 is 0 Å². The number of hydrogen-bond donors (Lipinski definition) is 0. The molecule has 92 valence electrons. The number of carbonyl (C=O) groups excluding carboxylic acids is 1. The van der Waals surface area contributed by atoms with E-state index in [4.69, 9.17) is 16.4 Å². The molecule has 0 unspecified atom stereocenters. The largest absolute Gasteiger partial charge is 0.496 e. The third kappa shape index (κ3) is 3.54. The molecule has 1 amide bonds. The SMILES string of the molecule is C#CCN(CC#N)C(=O)Cc1ccccc1OC. The quantitative estimate of drug-likeness (QED) is 0.576. The van der Waals surface area contributed by atoms with Crippen molar-refractivity contribution in [3.63, 3.8) is 0 Å². The third-order valence-electron chi connectivity index (χ3n) is 2.43. The van der Waals surface area contributed by atoms with Gasteiger partial charge in [0.1, 0.15) is 12.3 Å². The Morgan fingerprint density at radius 3 is 2.78 bits per heavy atom. The van der Waals surface area contributed by atoms with Crippen LogP contribution in [-0.4, -0.2) is 31.0 Å². The summed E-state index contributed by atoms with van der Waals surface area (Å²) < 4.78 is 5.17. The minimum atomic E-state index is -0.181. The first-order valence-electron chi connectivity index (χ1n) is 5.43. The van der Waals surface area contributed by atoms with Gasteiger partial charge >= 0.3 is 0 Å². The zero-order valence-electron chi connectivity index (χ0n) is 10.2. The summed E-state index contributed by atoms with van der Waals surface area (Å²) in [7, 11) is 1.55. The van der Waals surface area contributed by atoms with Crippen molar-refractivity contribution < 1.29 is 9.53 Å². The molecule has 0 fully saturated rings. The third-order valence-corrected chi connectivity index (χ3v) is 2.43. The first kappa shape index (κ1) is 13.6. The molecular weight excluding hydrogens is 228 g/mol. The normalized spacial score (nSPS) is 9.06. The molecule has 0 heterocycles. The van der Waals surface area contributed by atoms with E-state index in [0.717, 1.165) is 5.56 Å². The van der Waals surface area contributed by atoms with Gasteiger partial charge in [-0.3, -0.25) is 4.79 Å². The van der Waals surface area contributed by atoms with E-state index < -0.39 is 0 Å². The predicted octanol–water partition coefficient (Wildman–Crippen LogP) is 1.22. The van der Waals surface area contributed by atoms with Gasteiger partial charge in [-0.2, -0.15) is 5.26 Å². The minimum Gasteiger partial charge on any atom is -0.496 e. The van der Waals surface area contributed by atoms with Crippen molar-refractivity contribution in [3.8, 4) is 24.2 Å². The van der Waals surface area contributed by atoms with Gasteiger partial charge < -0.3 is 9.64 Å². The molecule has 0 N–H and O–H groups in total. The van der Waals surface area contributed by atoms with Crippen LogP contribution in [0.2, 0.25) is 0 Å². The number of carbonyl (C=O) groups is 1. The molecule has 4 nitrogen and oxygen atoms in total. The molecule has 1 rings (SSSR count). The summed E-state index contributed by atoms with van der Waals surface area (Å²) in [4.78, 5) is 13.3. The predicted molar refractivity (Wildman–Crippen MR) is 67.7 cm³/mol. The second-order valence-corrected chi connectivity index (χ2v) is 3.60. The summed E-state index contributed by atoms with van der Waals surface area (Å²) >= 11 is 0. The highest BCUT2D eigenvalue weighted by Gasteiger charge is 2.14. The van der Waals surface area contributed by atoms with E-state index in [9.17, 15) is 4.79 Å². The van der Waals surface area contributed by atoms with E-state index in [1.165, 1.54) is 4.90 Å². The summed E-state index contributed by atoms with van der Waals surface area (Å²) in [5.41, 5.74) is 0.782. The Labute approximate surface area is 107 Å². The summed E-state index contributed by atoms with van der Waals surface area (Å²) in [6.07, 6.45) is 5.34. The van der Waals surface area contributed by atoms with Gasteiger partial charge in [-0.05, 0) is 6.07 Å². The minimum absolute atomic E-state index is 0.00180.